The first-order chi connectivity index (χ1) is 11.3. The van der Waals surface area contributed by atoms with Crippen LogP contribution in [0.5, 0.6) is 0 Å². The molecule has 0 saturated heterocycles. The van der Waals surface area contributed by atoms with Crippen LogP contribution in [0.3, 0.4) is 0 Å². The van der Waals surface area contributed by atoms with Crippen LogP contribution in [-0.2, 0) is 15.1 Å². The Bertz CT molecular complexity index is 707. The van der Waals surface area contributed by atoms with Crippen LogP contribution in [0, 0.1) is 0 Å². The number of aliphatic carboxylic acids is 1. The molecule has 1 unspecified atom stereocenters. The summed E-state index contributed by atoms with van der Waals surface area (Å²) in [7, 11) is 0. The van der Waals surface area contributed by atoms with Crippen molar-refractivity contribution in [2.45, 2.75) is 45.1 Å². The van der Waals surface area contributed by atoms with Gasteiger partial charge in [-0.25, -0.2) is 4.79 Å². The number of rotatable bonds is 7. The molecule has 128 valence electrons. The van der Waals surface area contributed by atoms with E-state index >= 15 is 0 Å². The second kappa shape index (κ2) is 7.29. The molecule has 0 fully saturated rings. The average Bonchev–Trinajstić information content (AvgIpc) is 3.02. The summed E-state index contributed by atoms with van der Waals surface area (Å²) in [4.78, 5) is 23.3. The van der Waals surface area contributed by atoms with E-state index in [4.69, 9.17) is 0 Å². The van der Waals surface area contributed by atoms with Crippen LogP contribution >= 0.6 is 0 Å². The van der Waals surface area contributed by atoms with Crippen molar-refractivity contribution in [2.75, 3.05) is 5.32 Å². The van der Waals surface area contributed by atoms with E-state index in [2.05, 4.69) is 29.5 Å². The minimum Gasteiger partial charge on any atom is -0.479 e. The van der Waals surface area contributed by atoms with E-state index in [9.17, 15) is 14.7 Å². The van der Waals surface area contributed by atoms with E-state index in [1.807, 2.05) is 18.2 Å². The maximum Gasteiger partial charge on any atom is 0.331 e. The van der Waals surface area contributed by atoms with Gasteiger partial charge in [0, 0.05) is 12.6 Å². The van der Waals surface area contributed by atoms with Gasteiger partial charge in [-0.2, -0.15) is 5.10 Å². The molecule has 1 aromatic carbocycles. The fraction of sp³-hybridized carbons (Fsp3) is 0.389. The number of hydrogen-bond acceptors (Lipinski definition) is 3. The van der Waals surface area contributed by atoms with Gasteiger partial charge >= 0.3 is 5.97 Å². The number of nitrogens with one attached hydrogen (secondary N) is 1. The zero-order valence-corrected chi connectivity index (χ0v) is 14.2. The first kappa shape index (κ1) is 17.7. The molecule has 0 aliphatic heterocycles. The smallest absolute Gasteiger partial charge is 0.331 e. The summed E-state index contributed by atoms with van der Waals surface area (Å²) in [6.07, 6.45) is 4.13. The van der Waals surface area contributed by atoms with Gasteiger partial charge in [0.05, 0.1) is 11.9 Å². The fourth-order valence-corrected chi connectivity index (χ4v) is 2.31. The van der Waals surface area contributed by atoms with Gasteiger partial charge in [-0.3, -0.25) is 9.48 Å². The Kier molecular flexibility index (Phi) is 5.39. The third-order valence-electron chi connectivity index (χ3n) is 4.14. The SMILES string of the molecule is CC(CCC(=O)Nc1cnn(C(C)(C)C(=O)O)c1)c1ccccc1. The number of aromatic nitrogens is 2. The Morgan fingerprint density at radius 3 is 2.58 bits per heavy atom. The zero-order chi connectivity index (χ0) is 17.7. The molecule has 0 bridgehead atoms. The third-order valence-corrected chi connectivity index (χ3v) is 4.14. The van der Waals surface area contributed by atoms with Crippen LogP contribution in [0.1, 0.15) is 45.1 Å². The average molecular weight is 329 g/mol. The topological polar surface area (TPSA) is 84.2 Å². The highest BCUT2D eigenvalue weighted by atomic mass is 16.4. The van der Waals surface area contributed by atoms with Gasteiger partial charge in [0.1, 0.15) is 0 Å². The number of hydrogen-bond donors (Lipinski definition) is 2. The van der Waals surface area contributed by atoms with Crippen LogP contribution in [0.4, 0.5) is 5.69 Å². The minimum absolute atomic E-state index is 0.106. The lowest BCUT2D eigenvalue weighted by Crippen LogP contribution is -2.35. The second-order valence-electron chi connectivity index (χ2n) is 6.44. The Morgan fingerprint density at radius 2 is 1.96 bits per heavy atom. The standard InChI is InChI=1S/C18H23N3O3/c1-13(14-7-5-4-6-8-14)9-10-16(22)20-15-11-19-21(12-15)18(2,3)17(23)24/h4-8,11-13H,9-10H2,1-3H3,(H,20,22)(H,23,24). The molecular formula is C18H23N3O3. The van der Waals surface area contributed by atoms with Crippen molar-refractivity contribution in [2.24, 2.45) is 0 Å². The van der Waals surface area contributed by atoms with Crippen molar-refractivity contribution in [3.8, 4) is 0 Å². The van der Waals surface area contributed by atoms with Crippen molar-refractivity contribution < 1.29 is 14.7 Å². The third kappa shape index (κ3) is 4.22. The monoisotopic (exact) mass is 329 g/mol. The van der Waals surface area contributed by atoms with Crippen molar-refractivity contribution in [3.63, 3.8) is 0 Å². The Hall–Kier alpha value is -2.63. The van der Waals surface area contributed by atoms with E-state index in [-0.39, 0.29) is 5.91 Å². The lowest BCUT2D eigenvalue weighted by atomic mass is 9.96. The zero-order valence-electron chi connectivity index (χ0n) is 14.2. The Balaban J connectivity index is 1.89. The normalized spacial score (nSPS) is 12.6. The maximum absolute atomic E-state index is 12.1. The number of anilines is 1. The van der Waals surface area contributed by atoms with Crippen molar-refractivity contribution in [1.82, 2.24) is 9.78 Å². The maximum atomic E-state index is 12.1. The number of benzene rings is 1. The van der Waals surface area contributed by atoms with E-state index in [1.54, 1.807) is 13.8 Å². The molecule has 1 heterocycles. The van der Waals surface area contributed by atoms with Gasteiger partial charge in [0.15, 0.2) is 5.54 Å². The molecule has 24 heavy (non-hydrogen) atoms. The number of nitrogens with zero attached hydrogens (tertiary/aromatic N) is 2. The summed E-state index contributed by atoms with van der Waals surface area (Å²) < 4.78 is 1.33. The summed E-state index contributed by atoms with van der Waals surface area (Å²) in [6.45, 7) is 5.20. The summed E-state index contributed by atoms with van der Waals surface area (Å²) in [5.74, 6) is -0.795. The molecular weight excluding hydrogens is 306 g/mol. The molecule has 0 radical (unpaired) electrons. The van der Waals surface area contributed by atoms with Gasteiger partial charge in [-0.05, 0) is 31.7 Å². The fourth-order valence-electron chi connectivity index (χ4n) is 2.31. The molecule has 0 aliphatic carbocycles. The van der Waals surface area contributed by atoms with Crippen molar-refractivity contribution in [1.29, 1.82) is 0 Å². The van der Waals surface area contributed by atoms with Gasteiger partial charge in [-0.1, -0.05) is 37.3 Å². The summed E-state index contributed by atoms with van der Waals surface area (Å²) in [5.41, 5.74) is 0.549. The van der Waals surface area contributed by atoms with Crippen LogP contribution in [0.2, 0.25) is 0 Å². The number of carbonyl (C=O) groups is 2. The molecule has 0 spiro atoms. The highest BCUT2D eigenvalue weighted by molar-refractivity contribution is 5.90. The van der Waals surface area contributed by atoms with Crippen LogP contribution in [-0.4, -0.2) is 26.8 Å². The van der Waals surface area contributed by atoms with Gasteiger partial charge in [-0.15, -0.1) is 0 Å². The van der Waals surface area contributed by atoms with E-state index in [1.165, 1.54) is 22.6 Å². The predicted molar refractivity (Wildman–Crippen MR) is 91.9 cm³/mol. The first-order valence-corrected chi connectivity index (χ1v) is 7.94. The molecule has 2 aromatic rings. The van der Waals surface area contributed by atoms with E-state index < -0.39 is 11.5 Å². The summed E-state index contributed by atoms with van der Waals surface area (Å²) in [6, 6.07) is 10.1. The van der Waals surface area contributed by atoms with Crippen LogP contribution < -0.4 is 5.32 Å². The molecule has 0 saturated carbocycles. The molecule has 1 atom stereocenters. The van der Waals surface area contributed by atoms with E-state index in [0.29, 0.717) is 18.0 Å². The van der Waals surface area contributed by atoms with E-state index in [0.717, 1.165) is 6.42 Å². The molecule has 6 nitrogen and oxygen atoms in total. The van der Waals surface area contributed by atoms with Gasteiger partial charge in [0.2, 0.25) is 5.91 Å². The van der Waals surface area contributed by atoms with Crippen molar-refractivity contribution in [3.05, 3.63) is 48.3 Å². The number of carbonyl (C=O) groups excluding carboxylic acids is 1. The minimum atomic E-state index is -1.16. The van der Waals surface area contributed by atoms with Crippen molar-refractivity contribution >= 4 is 17.6 Å². The van der Waals surface area contributed by atoms with Gasteiger partial charge in [0.25, 0.3) is 0 Å². The summed E-state index contributed by atoms with van der Waals surface area (Å²) in [5, 5.41) is 16.0. The predicted octanol–water partition coefficient (Wildman–Crippen LogP) is 3.23. The number of carboxylic acid groups (broad SMARTS) is 1. The lowest BCUT2D eigenvalue weighted by molar-refractivity contribution is -0.146. The Labute approximate surface area is 141 Å². The molecule has 0 aliphatic rings. The number of carboxylic acids is 1. The highest BCUT2D eigenvalue weighted by Crippen LogP contribution is 2.21. The summed E-state index contributed by atoms with van der Waals surface area (Å²) >= 11 is 0. The molecule has 6 heteroatoms. The second-order valence-corrected chi connectivity index (χ2v) is 6.44. The van der Waals surface area contributed by atoms with Gasteiger partial charge < -0.3 is 10.4 Å². The first-order valence-electron chi connectivity index (χ1n) is 7.94. The lowest BCUT2D eigenvalue weighted by Gasteiger charge is -2.19. The molecule has 2 N–H and O–H groups in total. The highest BCUT2D eigenvalue weighted by Gasteiger charge is 2.30. The van der Waals surface area contributed by atoms with Crippen LogP contribution in [0.25, 0.3) is 0 Å². The quantitative estimate of drug-likeness (QED) is 0.817. The molecule has 2 rings (SSSR count). The number of amides is 1. The largest absolute Gasteiger partial charge is 0.479 e. The molecule has 1 amide bonds. The van der Waals surface area contributed by atoms with Crippen LogP contribution in [0.15, 0.2) is 42.7 Å². The molecule has 1 aromatic heterocycles. The Morgan fingerprint density at radius 1 is 1.29 bits per heavy atom.